The summed E-state index contributed by atoms with van der Waals surface area (Å²) in [5.41, 5.74) is 25.2. The highest BCUT2D eigenvalue weighted by Gasteiger charge is 2.24. The van der Waals surface area contributed by atoms with Crippen LogP contribution in [0.2, 0.25) is 0 Å². The number of aliphatic hydroxyl groups is 1. The summed E-state index contributed by atoms with van der Waals surface area (Å²) in [4.78, 5) is 28.4. The highest BCUT2D eigenvalue weighted by Crippen LogP contribution is 2.39. The maximum atomic E-state index is 12.2. The first-order chi connectivity index (χ1) is 28.3. The number of aliphatic hydroxyl groups excluding tert-OH is 1. The summed E-state index contributed by atoms with van der Waals surface area (Å²) in [5, 5.41) is 32.8. The van der Waals surface area contributed by atoms with Crippen LogP contribution in [0.25, 0.3) is 45.1 Å². The Labute approximate surface area is 331 Å². The molecule has 2 aliphatic carbocycles. The van der Waals surface area contributed by atoms with E-state index in [2.05, 4.69) is 75.2 Å². The number of esters is 1. The molecule has 15 heteroatoms. The lowest BCUT2D eigenvalue weighted by atomic mass is 9.98. The van der Waals surface area contributed by atoms with Gasteiger partial charge in [-0.25, -0.2) is 14.8 Å². The molecule has 0 saturated carbocycles. The predicted octanol–water partition coefficient (Wildman–Crippen LogP) is 6.83. The van der Waals surface area contributed by atoms with Crippen LogP contribution >= 0.6 is 0 Å². The molecule has 15 nitrogen and oxygen atoms in total. The highest BCUT2D eigenvalue weighted by atomic mass is 16.5. The van der Waals surface area contributed by atoms with Crippen LogP contribution in [0.4, 0.5) is 34.9 Å². The quantitative estimate of drug-likeness (QED) is 0.0787. The molecule has 286 valence electrons. The van der Waals surface area contributed by atoms with Crippen LogP contribution in [-0.4, -0.2) is 58.5 Å². The number of carbonyl (C=O) groups is 1. The van der Waals surface area contributed by atoms with Crippen molar-refractivity contribution in [2.45, 2.75) is 19.4 Å². The lowest BCUT2D eigenvalue weighted by Gasteiger charge is -2.11. The summed E-state index contributed by atoms with van der Waals surface area (Å²) in [5.74, 6) is 1.33. The van der Waals surface area contributed by atoms with Crippen molar-refractivity contribution in [1.29, 1.82) is 0 Å². The molecular formula is C43H36N12O3. The van der Waals surface area contributed by atoms with Gasteiger partial charge in [0.1, 0.15) is 11.6 Å². The Hall–Kier alpha value is -7.91. The van der Waals surface area contributed by atoms with E-state index < -0.39 is 0 Å². The smallest absolute Gasteiger partial charge is 0.338 e. The molecular weight excluding hydrogens is 733 g/mol. The minimum atomic E-state index is -0.329. The molecule has 0 amide bonds. The van der Waals surface area contributed by atoms with Crippen LogP contribution in [0.5, 0.6) is 0 Å². The maximum Gasteiger partial charge on any atom is 0.338 e. The number of rotatable bonds is 8. The summed E-state index contributed by atoms with van der Waals surface area (Å²) < 4.78 is 4.94. The standard InChI is InChI=1S/C22H18N6O2.C21H18N6O/c1-30-21(29)16-4-2-3-12-7-13(9-17(12)16)18-10-15(8-14-11-25-28-20(14)18)26-19-5-6-24-22(23)27-19;22-21-23-5-4-19(26-21)25-16-7-15-10-24-27-20(15)18(9-16)14-6-12-2-1-3-13(11-28)17(12)8-14/h2-8,10-11H,9H2,1H3,(H,25,28)(H3,23,24,26,27);1-7,9-10,28H,8,11H2,(H,24,27)(H3,22,23,25,26). The highest BCUT2D eigenvalue weighted by molar-refractivity contribution is 6.03. The van der Waals surface area contributed by atoms with E-state index in [1.165, 1.54) is 18.2 Å². The van der Waals surface area contributed by atoms with Crippen molar-refractivity contribution in [3.05, 3.63) is 142 Å². The number of carbonyl (C=O) groups excluding carboxylic acids is 1. The van der Waals surface area contributed by atoms with E-state index in [-0.39, 0.29) is 24.5 Å². The lowest BCUT2D eigenvalue weighted by Crippen LogP contribution is -2.05. The Morgan fingerprint density at radius 3 is 1.81 bits per heavy atom. The zero-order chi connectivity index (χ0) is 39.8. The van der Waals surface area contributed by atoms with Gasteiger partial charge in [0, 0.05) is 45.7 Å². The molecule has 0 fully saturated rings. The van der Waals surface area contributed by atoms with Crippen molar-refractivity contribution >= 4 is 86.0 Å². The molecule has 10 rings (SSSR count). The number of nitrogens with one attached hydrogen (secondary N) is 4. The first kappa shape index (κ1) is 35.8. The number of allylic oxidation sites excluding steroid dienone is 2. The molecule has 0 atom stereocenters. The molecule has 4 heterocycles. The van der Waals surface area contributed by atoms with Gasteiger partial charge in [0.2, 0.25) is 11.9 Å². The number of anilines is 6. The van der Waals surface area contributed by atoms with Gasteiger partial charge in [0.25, 0.3) is 0 Å². The minimum absolute atomic E-state index is 0.0422. The molecule has 0 bridgehead atoms. The average molecular weight is 769 g/mol. The normalized spacial score (nSPS) is 12.7. The molecule has 4 aromatic carbocycles. The number of aromatic amines is 2. The van der Waals surface area contributed by atoms with Gasteiger partial charge < -0.3 is 31.9 Å². The zero-order valence-electron chi connectivity index (χ0n) is 31.1. The van der Waals surface area contributed by atoms with Crippen molar-refractivity contribution in [3.8, 4) is 0 Å². The first-order valence-electron chi connectivity index (χ1n) is 18.3. The third kappa shape index (κ3) is 6.93. The van der Waals surface area contributed by atoms with Crippen LogP contribution in [-0.2, 0) is 24.2 Å². The molecule has 0 radical (unpaired) electrons. The number of nitrogen functional groups attached to an aromatic ring is 2. The van der Waals surface area contributed by atoms with Gasteiger partial charge in [0.15, 0.2) is 0 Å². The summed E-state index contributed by atoms with van der Waals surface area (Å²) in [6, 6.07) is 23.3. The van der Waals surface area contributed by atoms with Crippen molar-refractivity contribution < 1.29 is 14.6 Å². The fourth-order valence-corrected chi connectivity index (χ4v) is 7.54. The molecule has 0 unspecified atom stereocenters. The molecule has 0 saturated heterocycles. The summed E-state index contributed by atoms with van der Waals surface area (Å²) in [6.45, 7) is 0.0422. The van der Waals surface area contributed by atoms with Gasteiger partial charge in [-0.1, -0.05) is 42.5 Å². The molecule has 9 N–H and O–H groups in total. The Kier molecular flexibility index (Phi) is 9.23. The molecule has 2 aliphatic rings. The van der Waals surface area contributed by atoms with Crippen molar-refractivity contribution in [1.82, 2.24) is 40.3 Å². The van der Waals surface area contributed by atoms with Gasteiger partial charge in [0.05, 0.1) is 42.7 Å². The monoisotopic (exact) mass is 768 g/mol. The number of nitrogens with two attached hydrogens (primary N) is 2. The Bertz CT molecular complexity index is 2950. The van der Waals surface area contributed by atoms with E-state index in [1.54, 1.807) is 43.0 Å². The average Bonchev–Trinajstić information content (AvgIpc) is 4.06. The topological polar surface area (TPSA) is 232 Å². The number of hydrogen-bond acceptors (Lipinski definition) is 13. The van der Waals surface area contributed by atoms with Gasteiger partial charge in [-0.05, 0) is 94.3 Å². The number of hydrogen-bond donors (Lipinski definition) is 7. The number of methoxy groups -OCH3 is 1. The van der Waals surface area contributed by atoms with Crippen LogP contribution in [0, 0.1) is 0 Å². The molecule has 4 aromatic heterocycles. The largest absolute Gasteiger partial charge is 0.465 e. The second-order valence-electron chi connectivity index (χ2n) is 13.8. The van der Waals surface area contributed by atoms with E-state index in [4.69, 9.17) is 16.2 Å². The number of fused-ring (bicyclic) bond motifs is 4. The van der Waals surface area contributed by atoms with Crippen LogP contribution < -0.4 is 22.1 Å². The summed E-state index contributed by atoms with van der Waals surface area (Å²) in [7, 11) is 1.40. The van der Waals surface area contributed by atoms with Crippen molar-refractivity contribution in [2.24, 2.45) is 0 Å². The van der Waals surface area contributed by atoms with Crippen molar-refractivity contribution in [3.63, 3.8) is 0 Å². The van der Waals surface area contributed by atoms with Crippen molar-refractivity contribution in [2.75, 3.05) is 29.2 Å². The second kappa shape index (κ2) is 15.0. The molecule has 8 aromatic rings. The number of aromatic nitrogens is 8. The van der Waals surface area contributed by atoms with Crippen LogP contribution in [0.15, 0.2) is 97.6 Å². The first-order valence-corrected chi connectivity index (χ1v) is 18.3. The molecule has 0 aliphatic heterocycles. The zero-order valence-corrected chi connectivity index (χ0v) is 31.1. The summed E-state index contributed by atoms with van der Waals surface area (Å²) >= 11 is 0. The van der Waals surface area contributed by atoms with E-state index >= 15 is 0 Å². The fraction of sp³-hybridized carbons (Fsp3) is 0.0930. The van der Waals surface area contributed by atoms with E-state index in [1.807, 2.05) is 42.5 Å². The Morgan fingerprint density at radius 2 is 1.28 bits per heavy atom. The molecule has 0 spiro atoms. The second-order valence-corrected chi connectivity index (χ2v) is 13.8. The van der Waals surface area contributed by atoms with Gasteiger partial charge in [-0.2, -0.15) is 20.2 Å². The van der Waals surface area contributed by atoms with Crippen LogP contribution in [0.1, 0.15) is 49.3 Å². The third-order valence-electron chi connectivity index (χ3n) is 10.2. The van der Waals surface area contributed by atoms with Crippen LogP contribution in [0.3, 0.4) is 0 Å². The summed E-state index contributed by atoms with van der Waals surface area (Å²) in [6.07, 6.45) is 12.5. The van der Waals surface area contributed by atoms with E-state index in [0.29, 0.717) is 23.6 Å². The Balaban J connectivity index is 0.000000151. The molecule has 58 heavy (non-hydrogen) atoms. The van der Waals surface area contributed by atoms with Gasteiger partial charge in [-0.3, -0.25) is 10.2 Å². The minimum Gasteiger partial charge on any atom is -0.465 e. The SMILES string of the molecule is COC(=O)c1cccc2c1CC(c1cc(Nc3ccnc(N)n3)cc3cn[nH]c13)=C2.Nc1nccc(Nc2cc(C3=Cc4cccc(CO)c4C3)c3[nH]ncc3c2)n1. The number of H-pyrrole nitrogens is 2. The fourth-order valence-electron chi connectivity index (χ4n) is 7.54. The van der Waals surface area contributed by atoms with E-state index in [0.717, 1.165) is 78.6 Å². The van der Waals surface area contributed by atoms with Gasteiger partial charge >= 0.3 is 5.97 Å². The maximum absolute atomic E-state index is 12.2. The number of benzene rings is 4. The predicted molar refractivity (Wildman–Crippen MR) is 225 cm³/mol. The Morgan fingerprint density at radius 1 is 0.741 bits per heavy atom. The lowest BCUT2D eigenvalue weighted by molar-refractivity contribution is 0.0599. The van der Waals surface area contributed by atoms with Gasteiger partial charge in [-0.15, -0.1) is 0 Å². The number of nitrogens with zero attached hydrogens (tertiary/aromatic N) is 6. The van der Waals surface area contributed by atoms with E-state index in [9.17, 15) is 9.90 Å². The number of ether oxygens (including phenoxy) is 1. The third-order valence-corrected chi connectivity index (χ3v) is 10.2.